The third kappa shape index (κ3) is 3.04. The van der Waals surface area contributed by atoms with Crippen LogP contribution in [-0.2, 0) is 16.6 Å². The van der Waals surface area contributed by atoms with Gasteiger partial charge in [0.15, 0.2) is 0 Å². The number of alkyl halides is 1. The van der Waals surface area contributed by atoms with Crippen LogP contribution < -0.4 is 4.31 Å². The fourth-order valence-electron chi connectivity index (χ4n) is 2.30. The summed E-state index contributed by atoms with van der Waals surface area (Å²) in [7, 11) is -1.83. The van der Waals surface area contributed by atoms with E-state index in [9.17, 15) is 8.42 Å². The Morgan fingerprint density at radius 1 is 1.37 bits per heavy atom. The van der Waals surface area contributed by atoms with E-state index in [0.29, 0.717) is 25.4 Å². The van der Waals surface area contributed by atoms with Gasteiger partial charge in [0.1, 0.15) is 0 Å². The number of benzene rings is 1. The minimum Gasteiger partial charge on any atom is -0.257 e. The first-order chi connectivity index (χ1) is 9.07. The predicted molar refractivity (Wildman–Crippen MR) is 79.0 cm³/mol. The molecule has 0 aromatic heterocycles. The van der Waals surface area contributed by atoms with Gasteiger partial charge in [0.2, 0.25) is 0 Å². The lowest BCUT2D eigenvalue weighted by Gasteiger charge is -2.33. The number of rotatable bonds is 5. The molecule has 6 heteroatoms. The van der Waals surface area contributed by atoms with Gasteiger partial charge in [0.25, 0.3) is 0 Å². The van der Waals surface area contributed by atoms with Crippen LogP contribution in [0.3, 0.4) is 0 Å². The van der Waals surface area contributed by atoms with Gasteiger partial charge in [-0.2, -0.15) is 12.7 Å². The second-order valence-electron chi connectivity index (χ2n) is 4.68. The molecule has 1 aromatic carbocycles. The maximum absolute atomic E-state index is 12.6. The topological polar surface area (TPSA) is 40.6 Å². The van der Waals surface area contributed by atoms with Gasteiger partial charge in [-0.25, -0.2) is 0 Å². The molecule has 1 aromatic rings. The molecule has 0 saturated heterocycles. The third-order valence-corrected chi connectivity index (χ3v) is 5.52. The molecule has 0 fully saturated rings. The second kappa shape index (κ2) is 6.11. The number of hydrogen-bond acceptors (Lipinski definition) is 2. The Balaban J connectivity index is 2.27. The lowest BCUT2D eigenvalue weighted by atomic mass is 10.0. The highest BCUT2D eigenvalue weighted by Crippen LogP contribution is 2.29. The van der Waals surface area contributed by atoms with E-state index in [1.54, 1.807) is 7.05 Å². The highest BCUT2D eigenvalue weighted by atomic mass is 35.5. The van der Waals surface area contributed by atoms with Crippen molar-refractivity contribution in [3.05, 3.63) is 29.8 Å². The normalized spacial score (nSPS) is 15.6. The summed E-state index contributed by atoms with van der Waals surface area (Å²) in [5.41, 5.74) is 1.91. The molecule has 0 saturated carbocycles. The van der Waals surface area contributed by atoms with Gasteiger partial charge in [-0.15, -0.1) is 11.6 Å². The average Bonchev–Trinajstić information content (AvgIpc) is 2.43. The first-order valence-corrected chi connectivity index (χ1v) is 8.38. The van der Waals surface area contributed by atoms with E-state index in [0.717, 1.165) is 24.1 Å². The zero-order valence-electron chi connectivity index (χ0n) is 11.0. The molecule has 106 valence electrons. The minimum absolute atomic E-state index is 0.449. The Kier molecular flexibility index (Phi) is 4.71. The van der Waals surface area contributed by atoms with Gasteiger partial charge in [-0.3, -0.25) is 4.31 Å². The van der Waals surface area contributed by atoms with Crippen molar-refractivity contribution in [2.24, 2.45) is 0 Å². The fourth-order valence-corrected chi connectivity index (χ4v) is 3.91. The first kappa shape index (κ1) is 14.6. The van der Waals surface area contributed by atoms with Gasteiger partial charge < -0.3 is 0 Å². The van der Waals surface area contributed by atoms with Crippen LogP contribution in [0.1, 0.15) is 18.4 Å². The van der Waals surface area contributed by atoms with Crippen molar-refractivity contribution in [1.82, 2.24) is 4.31 Å². The van der Waals surface area contributed by atoms with Gasteiger partial charge in [0.05, 0.1) is 5.69 Å². The average molecular weight is 303 g/mol. The van der Waals surface area contributed by atoms with Crippen LogP contribution in [-0.4, -0.2) is 38.7 Å². The van der Waals surface area contributed by atoms with Gasteiger partial charge in [0, 0.05) is 26.0 Å². The van der Waals surface area contributed by atoms with Crippen molar-refractivity contribution >= 4 is 27.5 Å². The maximum Gasteiger partial charge on any atom is 0.303 e. The second-order valence-corrected chi connectivity index (χ2v) is 7.01. The van der Waals surface area contributed by atoms with Crippen LogP contribution in [0.15, 0.2) is 24.3 Å². The van der Waals surface area contributed by atoms with Crippen molar-refractivity contribution in [3.8, 4) is 0 Å². The molecule has 4 nitrogen and oxygen atoms in total. The SMILES string of the molecule is CN(CCCCl)S(=O)(=O)N1CCCc2ccccc21. The van der Waals surface area contributed by atoms with E-state index in [-0.39, 0.29) is 0 Å². The molecular weight excluding hydrogens is 284 g/mol. The Hall–Kier alpha value is -0.780. The van der Waals surface area contributed by atoms with Crippen LogP contribution in [0, 0.1) is 0 Å². The fraction of sp³-hybridized carbons (Fsp3) is 0.538. The van der Waals surface area contributed by atoms with Crippen molar-refractivity contribution in [3.63, 3.8) is 0 Å². The zero-order valence-corrected chi connectivity index (χ0v) is 12.6. The van der Waals surface area contributed by atoms with Crippen molar-refractivity contribution in [2.75, 3.05) is 30.3 Å². The molecule has 0 unspecified atom stereocenters. The van der Waals surface area contributed by atoms with Gasteiger partial charge in [-0.1, -0.05) is 18.2 Å². The van der Waals surface area contributed by atoms with E-state index in [1.165, 1.54) is 8.61 Å². The summed E-state index contributed by atoms with van der Waals surface area (Å²) in [6.07, 6.45) is 2.46. The van der Waals surface area contributed by atoms with E-state index in [4.69, 9.17) is 11.6 Å². The quantitative estimate of drug-likeness (QED) is 0.783. The first-order valence-electron chi connectivity index (χ1n) is 6.45. The highest BCUT2D eigenvalue weighted by molar-refractivity contribution is 7.90. The maximum atomic E-state index is 12.6. The number of para-hydroxylation sites is 1. The Bertz CT molecular complexity index is 533. The molecule has 1 aliphatic heterocycles. The monoisotopic (exact) mass is 302 g/mol. The lowest BCUT2D eigenvalue weighted by molar-refractivity contribution is 0.464. The van der Waals surface area contributed by atoms with Crippen LogP contribution >= 0.6 is 11.6 Å². The van der Waals surface area contributed by atoms with Crippen LogP contribution in [0.2, 0.25) is 0 Å². The number of anilines is 1. The van der Waals surface area contributed by atoms with Crippen molar-refractivity contribution in [2.45, 2.75) is 19.3 Å². The van der Waals surface area contributed by atoms with Gasteiger partial charge >= 0.3 is 10.2 Å². The third-order valence-electron chi connectivity index (χ3n) is 3.35. The Labute approximate surface area is 120 Å². The summed E-state index contributed by atoms with van der Waals surface area (Å²) in [6.45, 7) is 0.995. The molecule has 0 aliphatic carbocycles. The van der Waals surface area contributed by atoms with Crippen molar-refractivity contribution < 1.29 is 8.42 Å². The van der Waals surface area contributed by atoms with E-state index in [2.05, 4.69) is 0 Å². The molecular formula is C13H19ClN2O2S. The molecule has 0 radical (unpaired) electrons. The lowest BCUT2D eigenvalue weighted by Crippen LogP contribution is -2.44. The smallest absolute Gasteiger partial charge is 0.257 e. The Morgan fingerprint density at radius 2 is 2.11 bits per heavy atom. The number of halogens is 1. The number of fused-ring (bicyclic) bond motifs is 1. The molecule has 19 heavy (non-hydrogen) atoms. The highest BCUT2D eigenvalue weighted by Gasteiger charge is 2.30. The van der Waals surface area contributed by atoms with E-state index < -0.39 is 10.2 Å². The Morgan fingerprint density at radius 3 is 2.84 bits per heavy atom. The number of aryl methyl sites for hydroxylation is 1. The number of nitrogens with zero attached hydrogens (tertiary/aromatic N) is 2. The van der Waals surface area contributed by atoms with Gasteiger partial charge in [-0.05, 0) is 30.9 Å². The van der Waals surface area contributed by atoms with E-state index >= 15 is 0 Å². The molecule has 0 amide bonds. The van der Waals surface area contributed by atoms with Crippen LogP contribution in [0.5, 0.6) is 0 Å². The summed E-state index contributed by atoms with van der Waals surface area (Å²) >= 11 is 5.63. The summed E-state index contributed by atoms with van der Waals surface area (Å²) in [5, 5.41) is 0. The molecule has 0 spiro atoms. The largest absolute Gasteiger partial charge is 0.303 e. The summed E-state index contributed by atoms with van der Waals surface area (Å²) in [6, 6.07) is 7.70. The standard InChI is InChI=1S/C13H19ClN2O2S/c1-15(10-5-9-14)19(17,18)16-11-4-7-12-6-2-3-8-13(12)16/h2-3,6,8H,4-5,7,9-11H2,1H3. The molecule has 0 atom stereocenters. The molecule has 1 heterocycles. The predicted octanol–water partition coefficient (Wildman–Crippen LogP) is 2.24. The summed E-state index contributed by atoms with van der Waals surface area (Å²) in [4.78, 5) is 0. The summed E-state index contributed by atoms with van der Waals surface area (Å²) in [5.74, 6) is 0.469. The molecule has 1 aliphatic rings. The van der Waals surface area contributed by atoms with Crippen molar-refractivity contribution in [1.29, 1.82) is 0 Å². The minimum atomic E-state index is -3.44. The molecule has 0 N–H and O–H groups in total. The summed E-state index contributed by atoms with van der Waals surface area (Å²) < 4.78 is 28.0. The van der Waals surface area contributed by atoms with E-state index in [1.807, 2.05) is 24.3 Å². The molecule has 2 rings (SSSR count). The number of hydrogen-bond donors (Lipinski definition) is 0. The van der Waals surface area contributed by atoms with Crippen LogP contribution in [0.4, 0.5) is 5.69 Å². The van der Waals surface area contributed by atoms with Crippen LogP contribution in [0.25, 0.3) is 0 Å². The molecule has 0 bridgehead atoms. The zero-order chi connectivity index (χ0) is 13.9.